The highest BCUT2D eigenvalue weighted by Gasteiger charge is 2.74. The molecule has 3 atom stereocenters. The van der Waals surface area contributed by atoms with Gasteiger partial charge in [0.1, 0.15) is 0 Å². The quantitative estimate of drug-likeness (QED) is 0.370. The molecule has 0 unspecified atom stereocenters. The summed E-state index contributed by atoms with van der Waals surface area (Å²) in [5, 5.41) is 13.9. The summed E-state index contributed by atoms with van der Waals surface area (Å²) < 4.78 is 9.50. The van der Waals surface area contributed by atoms with Crippen molar-refractivity contribution in [3.63, 3.8) is 0 Å². The van der Waals surface area contributed by atoms with Crippen LogP contribution in [0.15, 0.2) is 0 Å². The molecule has 1 amide bonds. The lowest BCUT2D eigenvalue weighted by molar-refractivity contribution is -0.177. The fourth-order valence-electron chi connectivity index (χ4n) is 3.51. The SMILES string of the molecule is COC(=O)[C@@]1([C@@]2(C(=O)OC)NC(=S)NC(=O)[C@H]2C#N)CCCC1=O. The third kappa shape index (κ3) is 2.08. The Balaban J connectivity index is 2.84. The van der Waals surface area contributed by atoms with E-state index in [0.29, 0.717) is 6.42 Å². The first-order chi connectivity index (χ1) is 11.3. The zero-order valence-electron chi connectivity index (χ0n) is 13.0. The average molecular weight is 353 g/mol. The smallest absolute Gasteiger partial charge is 0.335 e. The maximum Gasteiger partial charge on any atom is 0.335 e. The molecule has 1 saturated carbocycles. The van der Waals surface area contributed by atoms with Gasteiger partial charge in [-0.1, -0.05) is 0 Å². The molecular formula is C14H15N3O6S. The van der Waals surface area contributed by atoms with E-state index in [0.717, 1.165) is 14.2 Å². The molecule has 0 aromatic heterocycles. The molecule has 0 radical (unpaired) electrons. The summed E-state index contributed by atoms with van der Waals surface area (Å²) in [6.45, 7) is 0. The fraction of sp³-hybridized carbons (Fsp3) is 0.571. The molecule has 2 N–H and O–H groups in total. The molecule has 9 nitrogen and oxygen atoms in total. The first-order valence-corrected chi connectivity index (χ1v) is 7.45. The molecule has 0 spiro atoms. The van der Waals surface area contributed by atoms with Crippen molar-refractivity contribution < 1.29 is 28.7 Å². The van der Waals surface area contributed by atoms with Crippen molar-refractivity contribution in [1.29, 1.82) is 5.26 Å². The molecule has 1 saturated heterocycles. The number of ketones is 1. The van der Waals surface area contributed by atoms with Crippen LogP contribution in [0.4, 0.5) is 0 Å². The van der Waals surface area contributed by atoms with Crippen LogP contribution in [0.3, 0.4) is 0 Å². The molecule has 128 valence electrons. The van der Waals surface area contributed by atoms with Crippen LogP contribution in [-0.4, -0.2) is 48.5 Å². The Kier molecular flexibility index (Phi) is 4.57. The van der Waals surface area contributed by atoms with Crippen LogP contribution in [0.2, 0.25) is 0 Å². The largest absolute Gasteiger partial charge is 0.468 e. The number of rotatable bonds is 3. The number of nitrogens with zero attached hydrogens (tertiary/aromatic N) is 1. The van der Waals surface area contributed by atoms with E-state index in [1.165, 1.54) is 0 Å². The molecule has 0 bridgehead atoms. The number of hydrogen-bond donors (Lipinski definition) is 2. The molecule has 2 aliphatic rings. The van der Waals surface area contributed by atoms with E-state index in [1.54, 1.807) is 6.07 Å². The molecule has 10 heteroatoms. The first kappa shape index (κ1) is 17.8. The third-order valence-electron chi connectivity index (χ3n) is 4.52. The topological polar surface area (TPSA) is 135 Å². The number of amides is 1. The van der Waals surface area contributed by atoms with Crippen LogP contribution in [-0.2, 0) is 28.7 Å². The van der Waals surface area contributed by atoms with E-state index in [1.807, 2.05) is 0 Å². The maximum atomic E-state index is 12.7. The van der Waals surface area contributed by atoms with Crippen LogP contribution in [0.1, 0.15) is 19.3 Å². The number of methoxy groups -OCH3 is 2. The second-order valence-corrected chi connectivity index (χ2v) is 5.89. The Bertz CT molecular complexity index is 686. The summed E-state index contributed by atoms with van der Waals surface area (Å²) in [4.78, 5) is 50.2. The van der Waals surface area contributed by atoms with E-state index in [4.69, 9.17) is 21.7 Å². The summed E-state index contributed by atoms with van der Waals surface area (Å²) >= 11 is 4.92. The number of nitrogens with one attached hydrogen (secondary N) is 2. The molecular weight excluding hydrogens is 338 g/mol. The summed E-state index contributed by atoms with van der Waals surface area (Å²) in [6, 6.07) is 1.69. The van der Waals surface area contributed by atoms with Crippen molar-refractivity contribution in [3.8, 4) is 6.07 Å². The zero-order chi connectivity index (χ0) is 18.1. The second-order valence-electron chi connectivity index (χ2n) is 5.48. The van der Waals surface area contributed by atoms with Gasteiger partial charge in [-0.2, -0.15) is 5.26 Å². The predicted octanol–water partition coefficient (Wildman–Crippen LogP) is -1.05. The van der Waals surface area contributed by atoms with E-state index >= 15 is 0 Å². The van der Waals surface area contributed by atoms with E-state index < -0.39 is 40.5 Å². The molecule has 0 aromatic carbocycles. The lowest BCUT2D eigenvalue weighted by atomic mass is 9.60. The van der Waals surface area contributed by atoms with Crippen LogP contribution < -0.4 is 10.6 Å². The summed E-state index contributed by atoms with van der Waals surface area (Å²) in [5.74, 6) is -5.33. The highest BCUT2D eigenvalue weighted by atomic mass is 32.1. The Morgan fingerprint density at radius 2 is 1.92 bits per heavy atom. The second kappa shape index (κ2) is 6.16. The van der Waals surface area contributed by atoms with Gasteiger partial charge < -0.3 is 20.1 Å². The van der Waals surface area contributed by atoms with Crippen LogP contribution >= 0.6 is 12.2 Å². The minimum Gasteiger partial charge on any atom is -0.468 e. The Hall–Kier alpha value is -2.54. The monoisotopic (exact) mass is 353 g/mol. The summed E-state index contributed by atoms with van der Waals surface area (Å²) in [7, 11) is 2.09. The molecule has 2 rings (SSSR count). The fourth-order valence-corrected chi connectivity index (χ4v) is 3.77. The number of esters is 2. The minimum absolute atomic E-state index is 0.00204. The first-order valence-electron chi connectivity index (χ1n) is 7.04. The number of thiocarbonyl (C=S) groups is 1. The van der Waals surface area contributed by atoms with E-state index in [2.05, 4.69) is 10.6 Å². The van der Waals surface area contributed by atoms with Gasteiger partial charge in [0.25, 0.3) is 0 Å². The van der Waals surface area contributed by atoms with Crippen molar-refractivity contribution >= 4 is 41.0 Å². The number of Topliss-reactive ketones (excluding diaryl/α,β-unsaturated/α-hetero) is 1. The van der Waals surface area contributed by atoms with Crippen LogP contribution in [0.5, 0.6) is 0 Å². The Morgan fingerprint density at radius 3 is 2.38 bits per heavy atom. The zero-order valence-corrected chi connectivity index (χ0v) is 13.8. The molecule has 1 aliphatic heterocycles. The van der Waals surface area contributed by atoms with Crippen LogP contribution in [0.25, 0.3) is 0 Å². The number of carbonyl (C=O) groups is 4. The third-order valence-corrected chi connectivity index (χ3v) is 4.72. The molecule has 2 fully saturated rings. The highest BCUT2D eigenvalue weighted by Crippen LogP contribution is 2.49. The van der Waals surface area contributed by atoms with Gasteiger partial charge in [0.05, 0.1) is 20.3 Å². The normalized spacial score (nSPS) is 32.4. The minimum atomic E-state index is -2.28. The molecule has 1 aliphatic carbocycles. The summed E-state index contributed by atoms with van der Waals surface area (Å²) in [6.07, 6.45) is 0.220. The number of carbonyl (C=O) groups excluding carboxylic acids is 4. The van der Waals surface area contributed by atoms with Crippen molar-refractivity contribution in [2.45, 2.75) is 24.8 Å². The van der Waals surface area contributed by atoms with Gasteiger partial charge in [-0.3, -0.25) is 14.4 Å². The van der Waals surface area contributed by atoms with Gasteiger partial charge in [0.15, 0.2) is 27.8 Å². The maximum absolute atomic E-state index is 12.7. The number of ether oxygens (including phenoxy) is 2. The van der Waals surface area contributed by atoms with Gasteiger partial charge in [-0.15, -0.1) is 0 Å². The van der Waals surface area contributed by atoms with Crippen molar-refractivity contribution in [1.82, 2.24) is 10.6 Å². The molecule has 24 heavy (non-hydrogen) atoms. The Morgan fingerprint density at radius 1 is 1.29 bits per heavy atom. The predicted molar refractivity (Wildman–Crippen MR) is 81.0 cm³/mol. The van der Waals surface area contributed by atoms with E-state index in [-0.39, 0.29) is 18.0 Å². The average Bonchev–Trinajstić information content (AvgIpc) is 2.95. The molecule has 0 aromatic rings. The lowest BCUT2D eigenvalue weighted by Gasteiger charge is -2.47. The standard InChI is InChI=1S/C14H15N3O6S/c1-22-10(20)13(5-3-4-8(13)18)14(11(21)23-2)7(6-15)9(19)16-12(24)17-14/h7H,3-5H2,1-2H3,(H2,16,17,19,24)/t7-,13-,14-/m1/s1. The van der Waals surface area contributed by atoms with E-state index in [9.17, 15) is 24.4 Å². The lowest BCUT2D eigenvalue weighted by Crippen LogP contribution is -2.78. The van der Waals surface area contributed by atoms with Crippen molar-refractivity contribution in [3.05, 3.63) is 0 Å². The van der Waals surface area contributed by atoms with Gasteiger partial charge in [0.2, 0.25) is 5.91 Å². The highest BCUT2D eigenvalue weighted by molar-refractivity contribution is 7.80. The summed E-state index contributed by atoms with van der Waals surface area (Å²) in [5.41, 5.74) is -4.35. The van der Waals surface area contributed by atoms with Gasteiger partial charge >= 0.3 is 11.9 Å². The van der Waals surface area contributed by atoms with Crippen molar-refractivity contribution in [2.75, 3.05) is 14.2 Å². The van der Waals surface area contributed by atoms with Crippen molar-refractivity contribution in [2.24, 2.45) is 11.3 Å². The van der Waals surface area contributed by atoms with Gasteiger partial charge in [-0.25, -0.2) is 4.79 Å². The van der Waals surface area contributed by atoms with Gasteiger partial charge in [-0.05, 0) is 25.1 Å². The number of hydrogen-bond acceptors (Lipinski definition) is 8. The van der Waals surface area contributed by atoms with Gasteiger partial charge in [0, 0.05) is 6.42 Å². The van der Waals surface area contributed by atoms with Crippen LogP contribution in [0, 0.1) is 22.7 Å². The number of nitriles is 1. The molecule has 1 heterocycles. The Labute approximate surface area is 142 Å².